The summed E-state index contributed by atoms with van der Waals surface area (Å²) in [7, 11) is 0. The van der Waals surface area contributed by atoms with Gasteiger partial charge < -0.3 is 14.5 Å². The van der Waals surface area contributed by atoms with Crippen molar-refractivity contribution < 1.29 is 13.9 Å². The Labute approximate surface area is 153 Å². The number of rotatable bonds is 6. The smallest absolute Gasteiger partial charge is 0.222 e. The molecule has 1 atom stereocenters. The molecule has 2 aliphatic heterocycles. The molecule has 0 bridgehead atoms. The molecule has 1 unspecified atom stereocenters. The molecule has 0 radical (unpaired) electrons. The number of nitrogens with zero attached hydrogens (tertiary/aromatic N) is 3. The lowest BCUT2D eigenvalue weighted by Gasteiger charge is -2.36. The van der Waals surface area contributed by atoms with Gasteiger partial charge in [-0.15, -0.1) is 0 Å². The monoisotopic (exact) mass is 358 g/mol. The Hall–Kier alpha value is -2.12. The molecule has 26 heavy (non-hydrogen) atoms. The first-order valence-electron chi connectivity index (χ1n) is 9.39. The van der Waals surface area contributed by atoms with Gasteiger partial charge in [0.25, 0.3) is 0 Å². The summed E-state index contributed by atoms with van der Waals surface area (Å²) in [5.74, 6) is 1.48. The van der Waals surface area contributed by atoms with Crippen LogP contribution in [0.2, 0.25) is 0 Å². The fourth-order valence-electron chi connectivity index (χ4n) is 3.93. The minimum atomic E-state index is 0.0285. The predicted octanol–water partition coefficient (Wildman–Crippen LogP) is 1.97. The topological polar surface area (TPSA) is 72.5 Å². The van der Waals surface area contributed by atoms with Crippen LogP contribution in [-0.4, -0.2) is 46.9 Å². The van der Waals surface area contributed by atoms with Gasteiger partial charge in [-0.1, -0.05) is 0 Å². The number of aromatic nitrogens is 2. The zero-order valence-electron chi connectivity index (χ0n) is 15.0. The van der Waals surface area contributed by atoms with E-state index in [0.717, 1.165) is 51.4 Å². The Kier molecular flexibility index (Phi) is 5.36. The molecule has 2 aromatic rings. The SMILES string of the molecule is O=C(CC1CN(CC2CCOCC2)Cc2ccnn21)NCc1ccco1. The van der Waals surface area contributed by atoms with Gasteiger partial charge in [-0.2, -0.15) is 5.10 Å². The van der Waals surface area contributed by atoms with Crippen molar-refractivity contribution in [1.82, 2.24) is 20.0 Å². The molecule has 0 spiro atoms. The van der Waals surface area contributed by atoms with E-state index in [2.05, 4.69) is 21.4 Å². The van der Waals surface area contributed by atoms with Crippen molar-refractivity contribution in [3.63, 3.8) is 0 Å². The summed E-state index contributed by atoms with van der Waals surface area (Å²) < 4.78 is 12.8. The van der Waals surface area contributed by atoms with Gasteiger partial charge >= 0.3 is 0 Å². The van der Waals surface area contributed by atoms with Crippen molar-refractivity contribution in [3.8, 4) is 0 Å². The molecule has 0 saturated carbocycles. The summed E-state index contributed by atoms with van der Waals surface area (Å²) in [6.45, 7) is 5.00. The van der Waals surface area contributed by atoms with Crippen molar-refractivity contribution in [3.05, 3.63) is 42.1 Å². The van der Waals surface area contributed by atoms with Crippen LogP contribution in [0.1, 0.15) is 36.8 Å². The molecule has 2 aromatic heterocycles. The normalized spacial score (nSPS) is 21.5. The molecule has 1 saturated heterocycles. The van der Waals surface area contributed by atoms with Gasteiger partial charge in [-0.3, -0.25) is 14.4 Å². The largest absolute Gasteiger partial charge is 0.467 e. The maximum atomic E-state index is 12.4. The van der Waals surface area contributed by atoms with Gasteiger partial charge in [0.15, 0.2) is 0 Å². The van der Waals surface area contributed by atoms with E-state index < -0.39 is 0 Å². The number of fused-ring (bicyclic) bond motifs is 1. The van der Waals surface area contributed by atoms with Gasteiger partial charge in [-0.05, 0) is 37.0 Å². The third-order valence-corrected chi connectivity index (χ3v) is 5.27. The lowest BCUT2D eigenvalue weighted by atomic mass is 9.98. The summed E-state index contributed by atoms with van der Waals surface area (Å²) >= 11 is 0. The minimum Gasteiger partial charge on any atom is -0.467 e. The summed E-state index contributed by atoms with van der Waals surface area (Å²) in [6.07, 6.45) is 6.14. The van der Waals surface area contributed by atoms with E-state index in [-0.39, 0.29) is 11.9 Å². The van der Waals surface area contributed by atoms with Crippen LogP contribution in [-0.2, 0) is 22.6 Å². The highest BCUT2D eigenvalue weighted by molar-refractivity contribution is 5.76. The van der Waals surface area contributed by atoms with E-state index in [0.29, 0.717) is 18.9 Å². The number of hydrogen-bond donors (Lipinski definition) is 1. The maximum Gasteiger partial charge on any atom is 0.222 e. The zero-order valence-corrected chi connectivity index (χ0v) is 15.0. The quantitative estimate of drug-likeness (QED) is 0.855. The number of nitrogens with one attached hydrogen (secondary N) is 1. The fraction of sp³-hybridized carbons (Fsp3) is 0.579. The summed E-state index contributed by atoms with van der Waals surface area (Å²) in [5.41, 5.74) is 1.19. The Morgan fingerprint density at radius 1 is 1.31 bits per heavy atom. The number of amides is 1. The van der Waals surface area contributed by atoms with Crippen LogP contribution < -0.4 is 5.32 Å². The molecule has 140 valence electrons. The van der Waals surface area contributed by atoms with E-state index in [1.165, 1.54) is 5.69 Å². The molecule has 7 nitrogen and oxygen atoms in total. The standard InChI is InChI=1S/C19H26N4O3/c24-19(20-11-18-2-1-7-26-18)10-17-14-22(12-15-4-8-25-9-5-15)13-16-3-6-21-23(16)17/h1-3,6-7,15,17H,4-5,8-14H2,(H,20,24). The van der Waals surface area contributed by atoms with Crippen LogP contribution in [0.4, 0.5) is 0 Å². The van der Waals surface area contributed by atoms with E-state index in [1.807, 2.05) is 23.0 Å². The summed E-state index contributed by atoms with van der Waals surface area (Å²) in [4.78, 5) is 14.9. The van der Waals surface area contributed by atoms with E-state index in [9.17, 15) is 4.79 Å². The lowest BCUT2D eigenvalue weighted by molar-refractivity contribution is -0.122. The van der Waals surface area contributed by atoms with Crippen LogP contribution in [0, 0.1) is 5.92 Å². The van der Waals surface area contributed by atoms with Crippen molar-refractivity contribution in [2.24, 2.45) is 5.92 Å². The lowest BCUT2D eigenvalue weighted by Crippen LogP contribution is -2.42. The molecule has 0 aromatic carbocycles. The highest BCUT2D eigenvalue weighted by Gasteiger charge is 2.29. The molecule has 1 N–H and O–H groups in total. The molecule has 7 heteroatoms. The van der Waals surface area contributed by atoms with E-state index in [4.69, 9.17) is 9.15 Å². The Balaban J connectivity index is 1.35. The Bertz CT molecular complexity index is 706. The maximum absolute atomic E-state index is 12.4. The summed E-state index contributed by atoms with van der Waals surface area (Å²) in [6, 6.07) is 5.82. The first-order valence-corrected chi connectivity index (χ1v) is 9.39. The molecule has 4 heterocycles. The fourth-order valence-corrected chi connectivity index (χ4v) is 3.93. The second-order valence-corrected chi connectivity index (χ2v) is 7.23. The van der Waals surface area contributed by atoms with E-state index >= 15 is 0 Å². The van der Waals surface area contributed by atoms with Crippen LogP contribution in [0.5, 0.6) is 0 Å². The van der Waals surface area contributed by atoms with E-state index in [1.54, 1.807) is 6.26 Å². The van der Waals surface area contributed by atoms with Crippen molar-refractivity contribution in [2.75, 3.05) is 26.3 Å². The Morgan fingerprint density at radius 3 is 3.00 bits per heavy atom. The third-order valence-electron chi connectivity index (χ3n) is 5.27. The average molecular weight is 358 g/mol. The second kappa shape index (κ2) is 8.05. The number of ether oxygens (including phenoxy) is 1. The minimum absolute atomic E-state index is 0.0285. The van der Waals surface area contributed by atoms with Gasteiger partial charge in [0.05, 0.1) is 31.0 Å². The van der Waals surface area contributed by atoms with Crippen LogP contribution in [0.3, 0.4) is 0 Å². The van der Waals surface area contributed by atoms with Crippen molar-refractivity contribution >= 4 is 5.91 Å². The van der Waals surface area contributed by atoms with Crippen molar-refractivity contribution in [1.29, 1.82) is 0 Å². The van der Waals surface area contributed by atoms with Gasteiger partial charge in [0.2, 0.25) is 5.91 Å². The predicted molar refractivity (Wildman–Crippen MR) is 95.3 cm³/mol. The second-order valence-electron chi connectivity index (χ2n) is 7.23. The third kappa shape index (κ3) is 4.16. The molecule has 1 amide bonds. The number of furan rings is 1. The van der Waals surface area contributed by atoms with Crippen molar-refractivity contribution in [2.45, 2.75) is 38.4 Å². The molecule has 4 rings (SSSR count). The molecule has 1 fully saturated rings. The molecule has 2 aliphatic rings. The van der Waals surface area contributed by atoms with Crippen LogP contribution >= 0.6 is 0 Å². The molecular weight excluding hydrogens is 332 g/mol. The molecular formula is C19H26N4O3. The first kappa shape index (κ1) is 17.3. The zero-order chi connectivity index (χ0) is 17.8. The Morgan fingerprint density at radius 2 is 2.19 bits per heavy atom. The van der Waals surface area contributed by atoms with Crippen LogP contribution in [0.15, 0.2) is 35.1 Å². The average Bonchev–Trinajstić information content (AvgIpc) is 3.32. The number of carbonyl (C=O) groups excluding carboxylic acids is 1. The molecule has 0 aliphatic carbocycles. The summed E-state index contributed by atoms with van der Waals surface area (Å²) in [5, 5.41) is 7.40. The van der Waals surface area contributed by atoms with Gasteiger partial charge in [0.1, 0.15) is 5.76 Å². The number of carbonyl (C=O) groups is 1. The van der Waals surface area contributed by atoms with Gasteiger partial charge in [-0.25, -0.2) is 0 Å². The highest BCUT2D eigenvalue weighted by atomic mass is 16.5. The highest BCUT2D eigenvalue weighted by Crippen LogP contribution is 2.25. The number of hydrogen-bond acceptors (Lipinski definition) is 5. The van der Waals surface area contributed by atoms with Gasteiger partial charge in [0, 0.05) is 39.0 Å². The first-order chi connectivity index (χ1) is 12.8. The van der Waals surface area contributed by atoms with Crippen LogP contribution in [0.25, 0.3) is 0 Å².